The third-order valence-electron chi connectivity index (χ3n) is 6.05. The van der Waals surface area contributed by atoms with Crippen LogP contribution in [0.3, 0.4) is 0 Å². The number of piperidine rings is 1. The van der Waals surface area contributed by atoms with Gasteiger partial charge in [-0.2, -0.15) is 0 Å². The number of nitrogens with zero attached hydrogens (tertiary/aromatic N) is 1. The van der Waals surface area contributed by atoms with Gasteiger partial charge in [-0.1, -0.05) is 36.4 Å². The van der Waals surface area contributed by atoms with Crippen LogP contribution >= 0.6 is 0 Å². The Hall–Kier alpha value is -3.74. The minimum atomic E-state index is -1.10. The number of hydrogen-bond acceptors (Lipinski definition) is 5. The highest BCUT2D eigenvalue weighted by Crippen LogP contribution is 2.32. The van der Waals surface area contributed by atoms with Crippen molar-refractivity contribution >= 4 is 29.1 Å². The van der Waals surface area contributed by atoms with Gasteiger partial charge in [0.2, 0.25) is 5.91 Å². The Labute approximate surface area is 184 Å². The first-order valence-electron chi connectivity index (χ1n) is 10.5. The monoisotopic (exact) mass is 433 g/mol. The largest absolute Gasteiger partial charge is 0.481 e. The first-order valence-corrected chi connectivity index (χ1v) is 10.5. The number of rotatable bonds is 5. The molecule has 7 nitrogen and oxygen atoms in total. The highest BCUT2D eigenvalue weighted by molar-refractivity contribution is 6.00. The van der Waals surface area contributed by atoms with Crippen LogP contribution in [-0.4, -0.2) is 41.3 Å². The number of likely N-dealkylation sites (tertiary alicyclic amines) is 1. The van der Waals surface area contributed by atoms with E-state index in [0.717, 1.165) is 16.7 Å². The summed E-state index contributed by atoms with van der Waals surface area (Å²) in [7, 11) is 0. The quantitative estimate of drug-likeness (QED) is 0.376. The van der Waals surface area contributed by atoms with Crippen molar-refractivity contribution in [3.05, 3.63) is 70.1 Å². The summed E-state index contributed by atoms with van der Waals surface area (Å²) in [6, 6.07) is 14.1. The SMILES string of the molecule is Cc1ccccc1-c1cc(=O)oc2cc([C@H](C=O)C(=O)N3CCC[C@H](C(=O)O)C3)ccc12. The van der Waals surface area contributed by atoms with E-state index in [2.05, 4.69) is 0 Å². The lowest BCUT2D eigenvalue weighted by Gasteiger charge is -2.32. The Bertz CT molecular complexity index is 1260. The van der Waals surface area contributed by atoms with E-state index in [1.165, 1.54) is 11.0 Å². The van der Waals surface area contributed by atoms with Crippen LogP contribution in [0.1, 0.15) is 29.9 Å². The number of carboxylic acid groups (broad SMARTS) is 1. The molecular weight excluding hydrogens is 410 g/mol. The van der Waals surface area contributed by atoms with Crippen LogP contribution in [0, 0.1) is 12.8 Å². The minimum absolute atomic E-state index is 0.0819. The maximum absolute atomic E-state index is 13.0. The number of amides is 1. The Morgan fingerprint density at radius 2 is 1.94 bits per heavy atom. The van der Waals surface area contributed by atoms with Crippen molar-refractivity contribution in [3.63, 3.8) is 0 Å². The summed E-state index contributed by atoms with van der Waals surface area (Å²) in [6.45, 7) is 2.44. The molecule has 0 radical (unpaired) electrons. The number of carboxylic acids is 1. The van der Waals surface area contributed by atoms with E-state index in [-0.39, 0.29) is 12.1 Å². The van der Waals surface area contributed by atoms with E-state index < -0.39 is 29.3 Å². The summed E-state index contributed by atoms with van der Waals surface area (Å²) >= 11 is 0. The van der Waals surface area contributed by atoms with Crippen LogP contribution in [0.25, 0.3) is 22.1 Å². The lowest BCUT2D eigenvalue weighted by atomic mass is 9.92. The van der Waals surface area contributed by atoms with Crippen LogP contribution in [0.15, 0.2) is 57.7 Å². The van der Waals surface area contributed by atoms with Crippen molar-refractivity contribution in [1.82, 2.24) is 4.90 Å². The Morgan fingerprint density at radius 1 is 1.16 bits per heavy atom. The fourth-order valence-electron chi connectivity index (χ4n) is 4.33. The Kier molecular flexibility index (Phi) is 5.90. The third kappa shape index (κ3) is 4.06. The number of benzene rings is 2. The summed E-state index contributed by atoms with van der Waals surface area (Å²) in [5.41, 5.74) is 2.78. The predicted octanol–water partition coefficient (Wildman–Crippen LogP) is 3.37. The normalized spacial score (nSPS) is 17.2. The molecule has 1 amide bonds. The zero-order valence-electron chi connectivity index (χ0n) is 17.6. The molecule has 4 rings (SSSR count). The molecule has 1 aliphatic heterocycles. The Balaban J connectivity index is 1.72. The lowest BCUT2D eigenvalue weighted by molar-refractivity contribution is -0.146. The fraction of sp³-hybridized carbons (Fsp3) is 0.280. The van der Waals surface area contributed by atoms with Crippen molar-refractivity contribution in [2.45, 2.75) is 25.7 Å². The number of fused-ring (bicyclic) bond motifs is 1. The van der Waals surface area contributed by atoms with Gasteiger partial charge in [0.15, 0.2) is 0 Å². The van der Waals surface area contributed by atoms with Crippen molar-refractivity contribution < 1.29 is 23.9 Å². The van der Waals surface area contributed by atoms with E-state index in [1.807, 2.05) is 31.2 Å². The van der Waals surface area contributed by atoms with Gasteiger partial charge < -0.3 is 19.2 Å². The molecular formula is C25H23NO6. The van der Waals surface area contributed by atoms with Gasteiger partial charge in [-0.15, -0.1) is 0 Å². The molecule has 0 aliphatic carbocycles. The van der Waals surface area contributed by atoms with Gasteiger partial charge in [0, 0.05) is 30.1 Å². The summed E-state index contributed by atoms with van der Waals surface area (Å²) < 4.78 is 5.40. The molecule has 2 atom stereocenters. The molecule has 0 unspecified atom stereocenters. The highest BCUT2D eigenvalue weighted by atomic mass is 16.4. The molecule has 1 saturated heterocycles. The second kappa shape index (κ2) is 8.78. The number of aliphatic carboxylic acids is 1. The summed E-state index contributed by atoms with van der Waals surface area (Å²) in [4.78, 5) is 50.0. The first-order chi connectivity index (χ1) is 15.4. The maximum Gasteiger partial charge on any atom is 0.336 e. The van der Waals surface area contributed by atoms with E-state index in [4.69, 9.17) is 4.42 Å². The number of hydrogen-bond donors (Lipinski definition) is 1. The van der Waals surface area contributed by atoms with Crippen LogP contribution in [0.2, 0.25) is 0 Å². The zero-order valence-corrected chi connectivity index (χ0v) is 17.6. The van der Waals surface area contributed by atoms with Gasteiger partial charge in [-0.05, 0) is 42.5 Å². The molecule has 2 aromatic carbocycles. The van der Waals surface area contributed by atoms with E-state index in [1.54, 1.807) is 18.2 Å². The third-order valence-corrected chi connectivity index (χ3v) is 6.05. The van der Waals surface area contributed by atoms with Gasteiger partial charge >= 0.3 is 11.6 Å². The van der Waals surface area contributed by atoms with Gasteiger partial charge in [-0.25, -0.2) is 4.79 Å². The molecule has 2 heterocycles. The number of aldehydes is 1. The van der Waals surface area contributed by atoms with Crippen LogP contribution in [0.4, 0.5) is 0 Å². The molecule has 164 valence electrons. The topological polar surface area (TPSA) is 105 Å². The summed E-state index contributed by atoms with van der Waals surface area (Å²) in [6.07, 6.45) is 1.63. The van der Waals surface area contributed by atoms with Gasteiger partial charge in [-0.3, -0.25) is 9.59 Å². The average molecular weight is 433 g/mol. The molecule has 32 heavy (non-hydrogen) atoms. The van der Waals surface area contributed by atoms with E-state index in [0.29, 0.717) is 36.6 Å². The molecule has 0 bridgehead atoms. The van der Waals surface area contributed by atoms with Crippen LogP contribution < -0.4 is 5.63 Å². The molecule has 7 heteroatoms. The average Bonchev–Trinajstić information content (AvgIpc) is 2.79. The number of carbonyl (C=O) groups is 3. The van der Waals surface area contributed by atoms with E-state index >= 15 is 0 Å². The molecule has 0 spiro atoms. The van der Waals surface area contributed by atoms with Gasteiger partial charge in [0.1, 0.15) is 17.8 Å². The van der Waals surface area contributed by atoms with Gasteiger partial charge in [0.25, 0.3) is 0 Å². The smallest absolute Gasteiger partial charge is 0.336 e. The van der Waals surface area contributed by atoms with Crippen molar-refractivity contribution in [2.75, 3.05) is 13.1 Å². The standard InChI is InChI=1S/C25H23NO6/c1-15-5-2-3-7-18(15)20-12-23(28)32-22-11-16(8-9-19(20)22)21(14-27)24(29)26-10-4-6-17(13-26)25(30)31/h2-3,5,7-9,11-12,14,17,21H,4,6,10,13H2,1H3,(H,30,31)/t17-,21-/m0/s1. The second-order valence-electron chi connectivity index (χ2n) is 8.13. The number of carbonyl (C=O) groups excluding carboxylic acids is 2. The molecule has 1 aliphatic rings. The zero-order chi connectivity index (χ0) is 22.8. The molecule has 1 aromatic heterocycles. The fourth-order valence-corrected chi connectivity index (χ4v) is 4.33. The molecule has 0 saturated carbocycles. The molecule has 1 N–H and O–H groups in total. The minimum Gasteiger partial charge on any atom is -0.481 e. The Morgan fingerprint density at radius 3 is 2.66 bits per heavy atom. The second-order valence-corrected chi connectivity index (χ2v) is 8.13. The maximum atomic E-state index is 13.0. The predicted molar refractivity (Wildman–Crippen MR) is 118 cm³/mol. The van der Waals surface area contributed by atoms with Crippen molar-refractivity contribution in [2.24, 2.45) is 5.92 Å². The van der Waals surface area contributed by atoms with Crippen molar-refractivity contribution in [1.29, 1.82) is 0 Å². The summed E-state index contributed by atoms with van der Waals surface area (Å²) in [5, 5.41) is 9.98. The van der Waals surface area contributed by atoms with Crippen LogP contribution in [-0.2, 0) is 14.4 Å². The van der Waals surface area contributed by atoms with Crippen molar-refractivity contribution in [3.8, 4) is 11.1 Å². The lowest BCUT2D eigenvalue weighted by Crippen LogP contribution is -2.44. The van der Waals surface area contributed by atoms with Gasteiger partial charge in [0.05, 0.1) is 5.92 Å². The molecule has 1 fully saturated rings. The van der Waals surface area contributed by atoms with E-state index in [9.17, 15) is 24.3 Å². The first kappa shape index (κ1) is 21.5. The molecule has 3 aromatic rings. The summed E-state index contributed by atoms with van der Waals surface area (Å²) in [5.74, 6) is -3.12. The van der Waals surface area contributed by atoms with Crippen LogP contribution in [0.5, 0.6) is 0 Å². The number of aryl methyl sites for hydroxylation is 1. The highest BCUT2D eigenvalue weighted by Gasteiger charge is 2.32.